The van der Waals surface area contributed by atoms with Crippen LogP contribution in [0.3, 0.4) is 0 Å². The first-order valence-electron chi connectivity index (χ1n) is 8.04. The van der Waals surface area contributed by atoms with Crippen LogP contribution in [0.15, 0.2) is 48.5 Å². The second kappa shape index (κ2) is 7.57. The Hall–Kier alpha value is -2.22. The molecule has 26 heavy (non-hydrogen) atoms. The highest BCUT2D eigenvalue weighted by Gasteiger charge is 2.35. The molecule has 1 aliphatic heterocycles. The molecule has 3 rings (SSSR count). The summed E-state index contributed by atoms with van der Waals surface area (Å²) in [4.78, 5) is 25.6. The molecule has 0 saturated heterocycles. The van der Waals surface area contributed by atoms with E-state index in [0.717, 1.165) is 10.5 Å². The highest BCUT2D eigenvalue weighted by molar-refractivity contribution is 7.89. The summed E-state index contributed by atoms with van der Waals surface area (Å²) >= 11 is 5.86. The molecule has 0 unspecified atom stereocenters. The first-order chi connectivity index (χ1) is 12.4. The number of sulfonamides is 1. The summed E-state index contributed by atoms with van der Waals surface area (Å²) in [7, 11) is -3.50. The Morgan fingerprint density at radius 3 is 2.38 bits per heavy atom. The first-order valence-corrected chi connectivity index (χ1v) is 10.1. The van der Waals surface area contributed by atoms with Gasteiger partial charge in [0.1, 0.15) is 0 Å². The molecule has 6 nitrogen and oxygen atoms in total. The Bertz CT molecular complexity index is 945. The van der Waals surface area contributed by atoms with Gasteiger partial charge in [0.2, 0.25) is 10.0 Å². The van der Waals surface area contributed by atoms with Crippen LogP contribution in [-0.2, 0) is 16.4 Å². The average molecular weight is 393 g/mol. The molecule has 2 amide bonds. The Labute approximate surface area is 156 Å². The Morgan fingerprint density at radius 1 is 0.962 bits per heavy atom. The zero-order valence-electron chi connectivity index (χ0n) is 13.8. The molecule has 0 atom stereocenters. The molecule has 0 aromatic heterocycles. The van der Waals surface area contributed by atoms with Crippen molar-refractivity contribution in [1.29, 1.82) is 0 Å². The van der Waals surface area contributed by atoms with E-state index in [-0.39, 0.29) is 30.0 Å². The first kappa shape index (κ1) is 18.6. The predicted molar refractivity (Wildman–Crippen MR) is 98.8 cm³/mol. The van der Waals surface area contributed by atoms with Crippen molar-refractivity contribution < 1.29 is 18.0 Å². The van der Waals surface area contributed by atoms with E-state index < -0.39 is 21.8 Å². The second-order valence-corrected chi connectivity index (χ2v) is 8.26. The minimum atomic E-state index is -3.50. The van der Waals surface area contributed by atoms with Gasteiger partial charge in [-0.25, -0.2) is 13.1 Å². The van der Waals surface area contributed by atoms with E-state index in [1.807, 2.05) is 30.3 Å². The number of nitrogens with one attached hydrogen (secondary N) is 1. The zero-order valence-corrected chi connectivity index (χ0v) is 15.4. The fourth-order valence-corrected chi connectivity index (χ4v) is 3.97. The maximum atomic E-state index is 12.3. The Balaban J connectivity index is 1.55. The summed E-state index contributed by atoms with van der Waals surface area (Å²) in [5.74, 6) is -0.963. The second-order valence-electron chi connectivity index (χ2n) is 5.90. The van der Waals surface area contributed by atoms with Gasteiger partial charge < -0.3 is 0 Å². The van der Waals surface area contributed by atoms with E-state index >= 15 is 0 Å². The van der Waals surface area contributed by atoms with Crippen molar-refractivity contribution >= 4 is 33.4 Å². The smallest absolute Gasteiger partial charge is 0.261 e. The van der Waals surface area contributed by atoms with Gasteiger partial charge in [-0.1, -0.05) is 41.9 Å². The Morgan fingerprint density at radius 2 is 1.65 bits per heavy atom. The van der Waals surface area contributed by atoms with Gasteiger partial charge in [0.05, 0.1) is 16.9 Å². The molecule has 2 aromatic rings. The number of benzene rings is 2. The van der Waals surface area contributed by atoms with Gasteiger partial charge in [0.15, 0.2) is 0 Å². The molecule has 0 saturated carbocycles. The summed E-state index contributed by atoms with van der Waals surface area (Å²) in [6.45, 7) is -0.0646. The normalized spacial score (nSPS) is 14.0. The summed E-state index contributed by atoms with van der Waals surface area (Å²) in [5.41, 5.74) is 1.45. The summed E-state index contributed by atoms with van der Waals surface area (Å²) in [6, 6.07) is 13.8. The molecule has 0 fully saturated rings. The minimum absolute atomic E-state index is 0.0314. The number of carbonyl (C=O) groups is 2. The lowest BCUT2D eigenvalue weighted by Crippen LogP contribution is -2.38. The van der Waals surface area contributed by atoms with Crippen LogP contribution in [0.1, 0.15) is 26.3 Å². The molecule has 8 heteroatoms. The number of fused-ring (bicyclic) bond motifs is 1. The van der Waals surface area contributed by atoms with Gasteiger partial charge in [0.25, 0.3) is 11.8 Å². The van der Waals surface area contributed by atoms with Crippen LogP contribution in [0.2, 0.25) is 5.02 Å². The van der Waals surface area contributed by atoms with Crippen LogP contribution in [-0.4, -0.2) is 44.0 Å². The highest BCUT2D eigenvalue weighted by atomic mass is 35.5. The van der Waals surface area contributed by atoms with Gasteiger partial charge in [-0.15, -0.1) is 0 Å². The number of imide groups is 1. The molecule has 0 aliphatic carbocycles. The van der Waals surface area contributed by atoms with Crippen molar-refractivity contribution in [2.75, 3.05) is 18.8 Å². The molecule has 0 bridgehead atoms. The number of hydrogen-bond donors (Lipinski definition) is 1. The number of carbonyl (C=O) groups excluding carboxylic acids is 2. The maximum Gasteiger partial charge on any atom is 0.261 e. The lowest BCUT2D eigenvalue weighted by Gasteiger charge is -2.14. The highest BCUT2D eigenvalue weighted by Crippen LogP contribution is 2.25. The van der Waals surface area contributed by atoms with Gasteiger partial charge >= 0.3 is 0 Å². The largest absolute Gasteiger partial charge is 0.273 e. The van der Waals surface area contributed by atoms with E-state index in [2.05, 4.69) is 4.72 Å². The molecule has 0 radical (unpaired) electrons. The zero-order chi connectivity index (χ0) is 18.7. The van der Waals surface area contributed by atoms with Gasteiger partial charge in [-0.3, -0.25) is 14.5 Å². The molecule has 1 aliphatic rings. The standard InChI is InChI=1S/C18H17ClN2O4S/c19-14-6-7-15-16(12-14)18(23)21(17(15)22)10-9-20-26(24,25)11-8-13-4-2-1-3-5-13/h1-7,12,20H,8-11H2. The summed E-state index contributed by atoms with van der Waals surface area (Å²) in [6.07, 6.45) is 0.391. The van der Waals surface area contributed by atoms with E-state index in [4.69, 9.17) is 11.6 Å². The van der Waals surface area contributed by atoms with Crippen LogP contribution >= 0.6 is 11.6 Å². The lowest BCUT2D eigenvalue weighted by atomic mass is 10.1. The summed E-state index contributed by atoms with van der Waals surface area (Å²) < 4.78 is 26.6. The number of rotatable bonds is 7. The number of amides is 2. The van der Waals surface area contributed by atoms with Crippen molar-refractivity contribution in [2.45, 2.75) is 6.42 Å². The predicted octanol–water partition coefficient (Wildman–Crippen LogP) is 2.10. The fraction of sp³-hybridized carbons (Fsp3) is 0.222. The molecule has 136 valence electrons. The SMILES string of the molecule is O=C1c2ccc(Cl)cc2C(=O)N1CCNS(=O)(=O)CCc1ccccc1. The lowest BCUT2D eigenvalue weighted by molar-refractivity contribution is 0.0657. The molecule has 0 spiro atoms. The minimum Gasteiger partial charge on any atom is -0.273 e. The molecular weight excluding hydrogens is 376 g/mol. The average Bonchev–Trinajstić information content (AvgIpc) is 2.85. The summed E-state index contributed by atoms with van der Waals surface area (Å²) in [5, 5.41) is 0.369. The van der Waals surface area contributed by atoms with Crippen LogP contribution in [0.4, 0.5) is 0 Å². The van der Waals surface area contributed by atoms with Crippen LogP contribution in [0.5, 0.6) is 0 Å². The van der Waals surface area contributed by atoms with Crippen molar-refractivity contribution in [2.24, 2.45) is 0 Å². The third kappa shape index (κ3) is 4.12. The third-order valence-corrected chi connectivity index (χ3v) is 5.71. The van der Waals surface area contributed by atoms with Crippen LogP contribution in [0.25, 0.3) is 0 Å². The van der Waals surface area contributed by atoms with Gasteiger partial charge in [-0.2, -0.15) is 0 Å². The maximum absolute atomic E-state index is 12.3. The van der Waals surface area contributed by atoms with Crippen LogP contribution < -0.4 is 4.72 Å². The van der Waals surface area contributed by atoms with E-state index in [1.165, 1.54) is 12.1 Å². The molecule has 1 heterocycles. The number of hydrogen-bond acceptors (Lipinski definition) is 4. The molecular formula is C18H17ClN2O4S. The van der Waals surface area contributed by atoms with Crippen LogP contribution in [0, 0.1) is 0 Å². The molecule has 2 aromatic carbocycles. The van der Waals surface area contributed by atoms with Crippen molar-refractivity contribution in [3.05, 3.63) is 70.2 Å². The van der Waals surface area contributed by atoms with Gasteiger partial charge in [-0.05, 0) is 30.2 Å². The van der Waals surface area contributed by atoms with Crippen molar-refractivity contribution in [1.82, 2.24) is 9.62 Å². The van der Waals surface area contributed by atoms with E-state index in [0.29, 0.717) is 11.4 Å². The number of aryl methyl sites for hydroxylation is 1. The number of nitrogens with zero attached hydrogens (tertiary/aromatic N) is 1. The molecule has 1 N–H and O–H groups in total. The van der Waals surface area contributed by atoms with Gasteiger partial charge in [0, 0.05) is 18.1 Å². The number of halogens is 1. The Kier molecular flexibility index (Phi) is 5.41. The topological polar surface area (TPSA) is 83.6 Å². The quantitative estimate of drug-likeness (QED) is 0.731. The fourth-order valence-electron chi connectivity index (χ4n) is 2.75. The van der Waals surface area contributed by atoms with Crippen molar-refractivity contribution in [3.63, 3.8) is 0 Å². The van der Waals surface area contributed by atoms with Crippen molar-refractivity contribution in [3.8, 4) is 0 Å². The monoisotopic (exact) mass is 392 g/mol. The van der Waals surface area contributed by atoms with E-state index in [1.54, 1.807) is 6.07 Å². The van der Waals surface area contributed by atoms with E-state index in [9.17, 15) is 18.0 Å². The third-order valence-electron chi connectivity index (χ3n) is 4.09.